The van der Waals surface area contributed by atoms with Crippen LogP contribution in [0.25, 0.3) is 0 Å². The lowest BCUT2D eigenvalue weighted by Crippen LogP contribution is -2.62. The number of amides is 7. The van der Waals surface area contributed by atoms with Crippen LogP contribution in [0.1, 0.15) is 107 Å². The SMILES string of the molecule is CC(C)(C)[C@H](NC(=O)N[C@H](CN1C(=O)c2ccccc2C1=O)C(C)(C)C)C(=O)N1C[C@@H]2CCC[C@@H]2[C@H]1C(=O)NC(CC1CCC1)C(O)C(N)=O. The molecule has 7 atom stereocenters. The third-order valence-corrected chi connectivity index (χ3v) is 11.2. The van der Waals surface area contributed by atoms with Crippen LogP contribution >= 0.6 is 0 Å². The maximum atomic E-state index is 14.5. The van der Waals surface area contributed by atoms with Crippen LogP contribution in [0, 0.1) is 28.6 Å². The number of aliphatic hydroxyl groups is 1. The molecule has 2 unspecified atom stereocenters. The number of benzene rings is 1. The van der Waals surface area contributed by atoms with Crippen molar-refractivity contribution >= 4 is 35.6 Å². The number of hydrogen-bond donors (Lipinski definition) is 5. The Balaban J connectivity index is 1.32. The number of primary amides is 1. The second-order valence-corrected chi connectivity index (χ2v) is 16.9. The number of fused-ring (bicyclic) bond motifs is 2. The highest BCUT2D eigenvalue weighted by molar-refractivity contribution is 6.21. The van der Waals surface area contributed by atoms with Gasteiger partial charge in [0.25, 0.3) is 11.8 Å². The number of nitrogens with zero attached hydrogens (tertiary/aromatic N) is 2. The molecule has 6 N–H and O–H groups in total. The van der Waals surface area contributed by atoms with Crippen molar-refractivity contribution in [3.63, 3.8) is 0 Å². The summed E-state index contributed by atoms with van der Waals surface area (Å²) in [5.41, 5.74) is 4.75. The topological polar surface area (TPSA) is 191 Å². The molecule has 0 bridgehead atoms. The van der Waals surface area contributed by atoms with Crippen molar-refractivity contribution in [1.29, 1.82) is 0 Å². The first-order valence-corrected chi connectivity index (χ1v) is 18.0. The van der Waals surface area contributed by atoms with E-state index in [1.165, 1.54) is 0 Å². The van der Waals surface area contributed by atoms with Gasteiger partial charge in [-0.25, -0.2) is 4.79 Å². The fourth-order valence-electron chi connectivity index (χ4n) is 7.96. The molecule has 4 aliphatic rings. The highest BCUT2D eigenvalue weighted by Crippen LogP contribution is 2.43. The molecule has 2 saturated carbocycles. The van der Waals surface area contributed by atoms with Crippen LogP contribution in [-0.4, -0.2) is 93.8 Å². The smallest absolute Gasteiger partial charge is 0.315 e. The lowest BCUT2D eigenvalue weighted by molar-refractivity contribution is -0.144. The molecule has 0 aromatic heterocycles. The van der Waals surface area contributed by atoms with E-state index in [2.05, 4.69) is 16.0 Å². The van der Waals surface area contributed by atoms with E-state index in [-0.39, 0.29) is 24.3 Å². The zero-order chi connectivity index (χ0) is 36.7. The molecule has 3 fully saturated rings. The molecule has 2 heterocycles. The average molecular weight is 695 g/mol. The first-order chi connectivity index (χ1) is 23.4. The first kappa shape index (κ1) is 37.3. The van der Waals surface area contributed by atoms with Gasteiger partial charge in [-0.1, -0.05) is 79.4 Å². The molecule has 1 saturated heterocycles. The van der Waals surface area contributed by atoms with Gasteiger partial charge < -0.3 is 31.7 Å². The highest BCUT2D eigenvalue weighted by Gasteiger charge is 2.52. The van der Waals surface area contributed by atoms with Gasteiger partial charge in [0, 0.05) is 6.54 Å². The molecule has 5 rings (SSSR count). The Hall–Kier alpha value is -4.00. The zero-order valence-electron chi connectivity index (χ0n) is 30.2. The van der Waals surface area contributed by atoms with E-state index in [0.29, 0.717) is 24.1 Å². The van der Waals surface area contributed by atoms with Gasteiger partial charge >= 0.3 is 6.03 Å². The monoisotopic (exact) mass is 694 g/mol. The molecule has 0 radical (unpaired) electrons. The Morgan fingerprint density at radius 3 is 2.00 bits per heavy atom. The molecule has 13 nitrogen and oxygen atoms in total. The van der Waals surface area contributed by atoms with Crippen LogP contribution in [0.15, 0.2) is 24.3 Å². The van der Waals surface area contributed by atoms with Crippen molar-refractivity contribution in [2.24, 2.45) is 34.3 Å². The number of imide groups is 1. The Bertz CT molecular complexity index is 1480. The predicted molar refractivity (Wildman–Crippen MR) is 185 cm³/mol. The summed E-state index contributed by atoms with van der Waals surface area (Å²) in [4.78, 5) is 83.2. The van der Waals surface area contributed by atoms with Crippen molar-refractivity contribution in [2.75, 3.05) is 13.1 Å². The van der Waals surface area contributed by atoms with E-state index >= 15 is 0 Å². The summed E-state index contributed by atoms with van der Waals surface area (Å²) < 4.78 is 0. The third-order valence-electron chi connectivity index (χ3n) is 11.2. The summed E-state index contributed by atoms with van der Waals surface area (Å²) in [6, 6.07) is 2.60. The molecule has 2 aliphatic heterocycles. The number of rotatable bonds is 11. The normalized spacial score (nSPS) is 24.5. The molecular weight excluding hydrogens is 640 g/mol. The van der Waals surface area contributed by atoms with E-state index in [0.717, 1.165) is 43.4 Å². The minimum atomic E-state index is -1.55. The van der Waals surface area contributed by atoms with E-state index in [1.807, 2.05) is 41.5 Å². The van der Waals surface area contributed by atoms with E-state index in [1.54, 1.807) is 29.2 Å². The van der Waals surface area contributed by atoms with Crippen molar-refractivity contribution in [3.8, 4) is 0 Å². The van der Waals surface area contributed by atoms with E-state index in [9.17, 15) is 33.9 Å². The van der Waals surface area contributed by atoms with E-state index in [4.69, 9.17) is 5.73 Å². The average Bonchev–Trinajstić information content (AvgIpc) is 3.68. The molecule has 2 aliphatic carbocycles. The Morgan fingerprint density at radius 1 is 0.880 bits per heavy atom. The van der Waals surface area contributed by atoms with Gasteiger partial charge in [-0.15, -0.1) is 0 Å². The Labute approximate surface area is 294 Å². The summed E-state index contributed by atoms with van der Waals surface area (Å²) in [7, 11) is 0. The van der Waals surface area contributed by atoms with Gasteiger partial charge in [-0.3, -0.25) is 28.9 Å². The van der Waals surface area contributed by atoms with Crippen LogP contribution in [0.4, 0.5) is 4.79 Å². The number of carbonyl (C=O) groups excluding carboxylic acids is 6. The minimum Gasteiger partial charge on any atom is -0.381 e. The summed E-state index contributed by atoms with van der Waals surface area (Å²) >= 11 is 0. The number of nitrogens with one attached hydrogen (secondary N) is 3. The largest absolute Gasteiger partial charge is 0.381 e. The van der Waals surface area contributed by atoms with Crippen LogP contribution in [-0.2, 0) is 14.4 Å². The number of urea groups is 1. The van der Waals surface area contributed by atoms with Crippen LogP contribution in [0.3, 0.4) is 0 Å². The molecule has 0 spiro atoms. The van der Waals surface area contributed by atoms with Gasteiger partial charge in [0.05, 0.1) is 29.8 Å². The molecule has 274 valence electrons. The summed E-state index contributed by atoms with van der Waals surface area (Å²) in [6.45, 7) is 11.5. The summed E-state index contributed by atoms with van der Waals surface area (Å²) in [6.07, 6.45) is 4.39. The van der Waals surface area contributed by atoms with Crippen LogP contribution < -0.4 is 21.7 Å². The maximum absolute atomic E-state index is 14.5. The maximum Gasteiger partial charge on any atom is 0.315 e. The van der Waals surface area contributed by atoms with Crippen molar-refractivity contribution in [3.05, 3.63) is 35.4 Å². The van der Waals surface area contributed by atoms with E-state index < -0.39 is 76.7 Å². The van der Waals surface area contributed by atoms with Gasteiger partial charge in [0.2, 0.25) is 17.7 Å². The summed E-state index contributed by atoms with van der Waals surface area (Å²) in [5, 5.41) is 19.3. The number of aliphatic hydroxyl groups excluding tert-OH is 1. The molecule has 13 heteroatoms. The van der Waals surface area contributed by atoms with Gasteiger partial charge in [0.15, 0.2) is 6.10 Å². The molecule has 1 aromatic carbocycles. The first-order valence-electron chi connectivity index (χ1n) is 18.0. The lowest BCUT2D eigenvalue weighted by atomic mass is 9.79. The summed E-state index contributed by atoms with van der Waals surface area (Å²) in [5.74, 6) is -2.29. The minimum absolute atomic E-state index is 0.0612. The zero-order valence-corrected chi connectivity index (χ0v) is 30.2. The number of nitrogens with two attached hydrogens (primary N) is 1. The highest BCUT2D eigenvalue weighted by atomic mass is 16.3. The van der Waals surface area contributed by atoms with Crippen molar-refractivity contribution in [2.45, 2.75) is 117 Å². The number of hydrogen-bond acceptors (Lipinski definition) is 7. The van der Waals surface area contributed by atoms with Crippen LogP contribution in [0.2, 0.25) is 0 Å². The predicted octanol–water partition coefficient (Wildman–Crippen LogP) is 2.56. The van der Waals surface area contributed by atoms with Crippen molar-refractivity contribution < 1.29 is 33.9 Å². The van der Waals surface area contributed by atoms with Gasteiger partial charge in [-0.2, -0.15) is 0 Å². The Kier molecular flexibility index (Phi) is 10.7. The molecular formula is C37H54N6O7. The fourth-order valence-corrected chi connectivity index (χ4v) is 7.96. The fraction of sp³-hybridized carbons (Fsp3) is 0.676. The standard InChI is InChI=1S/C37H54N6O7/c1-36(2,3)26(19-43-32(47)23-14-7-8-15-24(23)33(43)48)40-35(50)41-29(37(4,5)6)34(49)42-18-21-13-10-16-22(21)27(42)31(46)39-25(28(44)30(38)45)17-20-11-9-12-20/h7-8,14-15,20-22,25-29,44H,9-13,16-19H2,1-6H3,(H2,38,45)(H,39,46)(H2,40,41,50)/t21-,22-,25?,26+,27-,28?,29+/m0/s1. The third kappa shape index (κ3) is 7.67. The Morgan fingerprint density at radius 2 is 1.48 bits per heavy atom. The number of carbonyl (C=O) groups is 6. The van der Waals surface area contributed by atoms with Crippen molar-refractivity contribution in [1.82, 2.24) is 25.8 Å². The molecule has 7 amide bonds. The lowest BCUT2D eigenvalue weighted by Gasteiger charge is -2.38. The second kappa shape index (κ2) is 14.3. The quantitative estimate of drug-likeness (QED) is 0.220. The second-order valence-electron chi connectivity index (χ2n) is 16.9. The molecule has 1 aromatic rings. The number of likely N-dealkylation sites (tertiary alicyclic amines) is 1. The van der Waals surface area contributed by atoms with Gasteiger partial charge in [0.1, 0.15) is 12.1 Å². The van der Waals surface area contributed by atoms with Crippen LogP contribution in [0.5, 0.6) is 0 Å². The molecule has 50 heavy (non-hydrogen) atoms. The van der Waals surface area contributed by atoms with Gasteiger partial charge in [-0.05, 0) is 60.0 Å².